The lowest BCUT2D eigenvalue weighted by Gasteiger charge is -2.17. The predicted molar refractivity (Wildman–Crippen MR) is 148 cm³/mol. The molecular weight excluding hydrogens is 527 g/mol. The van der Waals surface area contributed by atoms with E-state index in [1.807, 2.05) is 0 Å². The fourth-order valence-corrected chi connectivity index (χ4v) is 5.20. The number of phenolic OH excluding ortho intramolecular Hbond substituents is 1. The third kappa shape index (κ3) is 4.21. The molecule has 0 bridgehead atoms. The van der Waals surface area contributed by atoms with E-state index in [0.717, 1.165) is 0 Å². The summed E-state index contributed by atoms with van der Waals surface area (Å²) in [5.74, 6) is -0.662. The normalized spacial score (nSPS) is 11.3. The molecule has 2 aromatic heterocycles. The van der Waals surface area contributed by atoms with Gasteiger partial charge < -0.3 is 9.84 Å². The van der Waals surface area contributed by atoms with Gasteiger partial charge >= 0.3 is 0 Å². The lowest BCUT2D eigenvalue weighted by molar-refractivity contribution is 0.373. The predicted octanol–water partition coefficient (Wildman–Crippen LogP) is 5.46. The summed E-state index contributed by atoms with van der Waals surface area (Å²) in [6, 6.07) is 18.7. The fraction of sp³-hybridized carbons (Fsp3) is 0.143. The molecule has 0 saturated heterocycles. The molecule has 0 unspecified atom stereocenters. The van der Waals surface area contributed by atoms with Gasteiger partial charge in [0.1, 0.15) is 0 Å². The van der Waals surface area contributed by atoms with Gasteiger partial charge in [0.25, 0.3) is 11.1 Å². The minimum atomic E-state index is -0.815. The molecule has 194 valence electrons. The van der Waals surface area contributed by atoms with Gasteiger partial charge in [-0.3, -0.25) is 19.8 Å². The molecule has 5 aromatic rings. The zero-order valence-corrected chi connectivity index (χ0v) is 22.3. The summed E-state index contributed by atoms with van der Waals surface area (Å²) in [5, 5.41) is 17.3. The van der Waals surface area contributed by atoms with Crippen LogP contribution in [0.25, 0.3) is 11.4 Å². The van der Waals surface area contributed by atoms with Crippen molar-refractivity contribution in [3.8, 4) is 22.9 Å². The lowest BCUT2D eigenvalue weighted by Crippen LogP contribution is -2.25. The van der Waals surface area contributed by atoms with Crippen LogP contribution in [-0.2, 0) is 0 Å². The second-order valence-corrected chi connectivity index (χ2v) is 9.66. The van der Waals surface area contributed by atoms with Crippen LogP contribution in [0.4, 0.5) is 0 Å². The van der Waals surface area contributed by atoms with E-state index in [9.17, 15) is 14.7 Å². The van der Waals surface area contributed by atoms with Crippen LogP contribution in [-0.4, -0.2) is 31.8 Å². The Bertz CT molecular complexity index is 1680. The molecule has 5 rings (SSSR count). The zero-order chi connectivity index (χ0) is 27.1. The fourth-order valence-electron chi connectivity index (χ4n) is 4.76. The van der Waals surface area contributed by atoms with Crippen molar-refractivity contribution in [2.24, 2.45) is 0 Å². The van der Waals surface area contributed by atoms with E-state index in [2.05, 4.69) is 10.2 Å². The van der Waals surface area contributed by atoms with Crippen molar-refractivity contribution in [3.05, 3.63) is 126 Å². The number of H-pyrrole nitrogens is 2. The Morgan fingerprint density at radius 3 is 1.71 bits per heavy atom. The molecule has 3 aromatic carbocycles. The van der Waals surface area contributed by atoms with Crippen molar-refractivity contribution in [1.82, 2.24) is 19.6 Å². The van der Waals surface area contributed by atoms with E-state index in [4.69, 9.17) is 27.9 Å². The van der Waals surface area contributed by atoms with Crippen LogP contribution >= 0.6 is 23.2 Å². The molecule has 2 heterocycles. The molecule has 0 aliphatic rings. The minimum absolute atomic E-state index is 0.0615. The number of aromatic nitrogens is 4. The Kier molecular flexibility index (Phi) is 6.69. The largest absolute Gasteiger partial charge is 0.504 e. The number of para-hydroxylation sites is 2. The second-order valence-electron chi connectivity index (χ2n) is 8.85. The minimum Gasteiger partial charge on any atom is -0.504 e. The van der Waals surface area contributed by atoms with Crippen LogP contribution in [0.3, 0.4) is 0 Å². The maximum Gasteiger partial charge on any atom is 0.275 e. The molecular formula is C28H24Cl2N4O4. The summed E-state index contributed by atoms with van der Waals surface area (Å²) in [5.41, 5.74) is 2.62. The molecule has 0 fully saturated rings. The first-order valence-electron chi connectivity index (χ1n) is 11.7. The highest BCUT2D eigenvalue weighted by atomic mass is 35.5. The first-order valence-corrected chi connectivity index (χ1v) is 12.5. The van der Waals surface area contributed by atoms with Gasteiger partial charge in [-0.15, -0.1) is 0 Å². The Labute approximate surface area is 227 Å². The van der Waals surface area contributed by atoms with Crippen LogP contribution in [0.1, 0.15) is 34.0 Å². The molecule has 0 saturated carbocycles. The summed E-state index contributed by atoms with van der Waals surface area (Å²) in [6.07, 6.45) is 0. The lowest BCUT2D eigenvalue weighted by atomic mass is 9.85. The molecule has 0 aliphatic heterocycles. The topological polar surface area (TPSA) is 105 Å². The number of ether oxygens (including phenoxy) is 1. The average molecular weight is 551 g/mol. The van der Waals surface area contributed by atoms with E-state index >= 15 is 0 Å². The van der Waals surface area contributed by atoms with Gasteiger partial charge in [-0.05, 0) is 55.8 Å². The van der Waals surface area contributed by atoms with Gasteiger partial charge in [0.15, 0.2) is 11.5 Å². The quantitative estimate of drug-likeness (QED) is 0.261. The van der Waals surface area contributed by atoms with Gasteiger partial charge in [0.2, 0.25) is 0 Å². The maximum absolute atomic E-state index is 14.0. The standard InChI is InChI=1S/C28H24Cl2N4O4/c1-15-24(27(36)33(31-15)20-10-6-4-8-18(20)29)26(17-12-13-22(35)23(14-17)38-3)25-16(2)32-34(28(25)37)21-11-7-5-9-19(21)30/h4-14,26,31-32,35H,1-3H3. The number of methoxy groups -OCH3 is 1. The molecule has 38 heavy (non-hydrogen) atoms. The number of aromatic hydroxyl groups is 1. The summed E-state index contributed by atoms with van der Waals surface area (Å²) in [6.45, 7) is 3.53. The third-order valence-electron chi connectivity index (χ3n) is 6.54. The summed E-state index contributed by atoms with van der Waals surface area (Å²) in [4.78, 5) is 27.9. The number of halogens is 2. The third-order valence-corrected chi connectivity index (χ3v) is 7.17. The van der Waals surface area contributed by atoms with E-state index in [1.165, 1.54) is 22.5 Å². The van der Waals surface area contributed by atoms with Crippen LogP contribution in [0.15, 0.2) is 76.3 Å². The second kappa shape index (κ2) is 9.96. The highest BCUT2D eigenvalue weighted by Gasteiger charge is 2.32. The van der Waals surface area contributed by atoms with Gasteiger partial charge in [-0.2, -0.15) is 0 Å². The molecule has 0 aliphatic carbocycles. The molecule has 8 nitrogen and oxygen atoms in total. The van der Waals surface area contributed by atoms with Crippen molar-refractivity contribution in [1.29, 1.82) is 0 Å². The van der Waals surface area contributed by atoms with Crippen molar-refractivity contribution < 1.29 is 9.84 Å². The molecule has 0 radical (unpaired) electrons. The van der Waals surface area contributed by atoms with Crippen LogP contribution in [0.2, 0.25) is 10.0 Å². The number of aryl methyl sites for hydroxylation is 2. The number of hydrogen-bond donors (Lipinski definition) is 3. The van der Waals surface area contributed by atoms with Crippen molar-refractivity contribution >= 4 is 23.2 Å². The Balaban J connectivity index is 1.81. The van der Waals surface area contributed by atoms with Gasteiger partial charge in [-0.1, -0.05) is 53.5 Å². The van der Waals surface area contributed by atoms with E-state index < -0.39 is 5.92 Å². The Hall–Kier alpha value is -4.14. The summed E-state index contributed by atoms with van der Waals surface area (Å²) in [7, 11) is 1.44. The molecule has 0 amide bonds. The highest BCUT2D eigenvalue weighted by molar-refractivity contribution is 6.32. The molecule has 10 heteroatoms. The number of nitrogens with one attached hydrogen (secondary N) is 2. The number of nitrogens with zero attached hydrogens (tertiary/aromatic N) is 2. The Morgan fingerprint density at radius 2 is 1.26 bits per heavy atom. The van der Waals surface area contributed by atoms with Crippen LogP contribution in [0, 0.1) is 13.8 Å². The first-order chi connectivity index (χ1) is 18.2. The van der Waals surface area contributed by atoms with Gasteiger partial charge in [0, 0.05) is 17.3 Å². The summed E-state index contributed by atoms with van der Waals surface area (Å²) < 4.78 is 8.08. The number of hydrogen-bond acceptors (Lipinski definition) is 4. The monoisotopic (exact) mass is 550 g/mol. The van der Waals surface area contributed by atoms with Crippen molar-refractivity contribution in [3.63, 3.8) is 0 Å². The summed E-state index contributed by atoms with van der Waals surface area (Å²) >= 11 is 12.8. The van der Waals surface area contributed by atoms with Gasteiger partial charge in [-0.25, -0.2) is 9.36 Å². The SMILES string of the molecule is COc1cc(C(c2c(C)[nH]n(-c3ccccc3Cl)c2=O)c2c(C)[nH]n(-c3ccccc3Cl)c2=O)ccc1O. The molecule has 0 atom stereocenters. The van der Waals surface area contributed by atoms with Crippen LogP contribution < -0.4 is 15.9 Å². The van der Waals surface area contributed by atoms with E-state index in [1.54, 1.807) is 74.5 Å². The number of benzene rings is 3. The van der Waals surface area contributed by atoms with Crippen LogP contribution in [0.5, 0.6) is 11.5 Å². The number of aromatic amines is 2. The smallest absolute Gasteiger partial charge is 0.275 e. The van der Waals surface area contributed by atoms with Crippen molar-refractivity contribution in [2.45, 2.75) is 19.8 Å². The number of phenols is 1. The van der Waals surface area contributed by atoms with Crippen molar-refractivity contribution in [2.75, 3.05) is 7.11 Å². The highest BCUT2D eigenvalue weighted by Crippen LogP contribution is 2.37. The molecule has 3 N–H and O–H groups in total. The number of rotatable bonds is 6. The Morgan fingerprint density at radius 1 is 0.789 bits per heavy atom. The molecule has 0 spiro atoms. The van der Waals surface area contributed by atoms with E-state index in [0.29, 0.717) is 49.5 Å². The first kappa shape index (κ1) is 25.5. The zero-order valence-electron chi connectivity index (χ0n) is 20.8. The maximum atomic E-state index is 14.0. The van der Waals surface area contributed by atoms with E-state index in [-0.39, 0.29) is 22.6 Å². The average Bonchev–Trinajstić information content (AvgIpc) is 3.35. The van der Waals surface area contributed by atoms with Gasteiger partial charge in [0.05, 0.1) is 39.7 Å².